The van der Waals surface area contributed by atoms with Gasteiger partial charge in [-0.25, -0.2) is 0 Å². The average molecular weight is 347 g/mol. The first-order chi connectivity index (χ1) is 12.6. The van der Waals surface area contributed by atoms with Crippen molar-refractivity contribution in [2.75, 3.05) is 13.7 Å². The molecule has 1 fully saturated rings. The standard InChI is InChI=1S/C21H21N3O2/c1-21-17-6-4-3-5-15(17)19(16-11-22-23-18(16)20(21)25)24(21)12-13-7-9-14(26-2)10-8-13/h3-10,16,19,22H,11-12H2,1-2H3. The third-order valence-corrected chi connectivity index (χ3v) is 6.14. The number of fused-ring (bicyclic) bond motifs is 7. The van der Waals surface area contributed by atoms with E-state index in [4.69, 9.17) is 4.74 Å². The van der Waals surface area contributed by atoms with Gasteiger partial charge in [-0.2, -0.15) is 5.10 Å². The van der Waals surface area contributed by atoms with Gasteiger partial charge in [0, 0.05) is 25.0 Å². The summed E-state index contributed by atoms with van der Waals surface area (Å²) in [7, 11) is 1.67. The lowest BCUT2D eigenvalue weighted by Gasteiger charge is -2.44. The Kier molecular flexibility index (Phi) is 3.25. The maximum atomic E-state index is 13.4. The largest absolute Gasteiger partial charge is 0.497 e. The normalized spacial score (nSPS) is 29.0. The summed E-state index contributed by atoms with van der Waals surface area (Å²) in [6, 6.07) is 16.6. The van der Waals surface area contributed by atoms with E-state index in [1.165, 1.54) is 11.1 Å². The van der Waals surface area contributed by atoms with Crippen LogP contribution in [0.25, 0.3) is 0 Å². The number of carbonyl (C=O) groups excluding carboxylic acids is 1. The molecule has 5 rings (SSSR count). The van der Waals surface area contributed by atoms with Gasteiger partial charge in [-0.1, -0.05) is 36.4 Å². The van der Waals surface area contributed by atoms with Crippen molar-refractivity contribution in [1.82, 2.24) is 10.3 Å². The summed E-state index contributed by atoms with van der Waals surface area (Å²) in [5.74, 6) is 1.08. The zero-order chi connectivity index (χ0) is 17.9. The molecule has 5 nitrogen and oxygen atoms in total. The predicted molar refractivity (Wildman–Crippen MR) is 99.0 cm³/mol. The Labute approximate surface area is 152 Å². The average Bonchev–Trinajstić information content (AvgIpc) is 3.23. The van der Waals surface area contributed by atoms with Crippen molar-refractivity contribution in [3.05, 3.63) is 65.2 Å². The van der Waals surface area contributed by atoms with Crippen LogP contribution in [0.1, 0.15) is 29.7 Å². The lowest BCUT2D eigenvalue weighted by molar-refractivity contribution is -0.128. The quantitative estimate of drug-likeness (QED) is 0.927. The smallest absolute Gasteiger partial charge is 0.203 e. The summed E-state index contributed by atoms with van der Waals surface area (Å²) >= 11 is 0. The molecule has 2 aromatic carbocycles. The van der Waals surface area contributed by atoms with E-state index in [0.29, 0.717) is 5.71 Å². The van der Waals surface area contributed by atoms with Crippen LogP contribution >= 0.6 is 0 Å². The Balaban J connectivity index is 1.62. The van der Waals surface area contributed by atoms with Crippen LogP contribution in [0.2, 0.25) is 0 Å². The predicted octanol–water partition coefficient (Wildman–Crippen LogP) is 2.63. The molecule has 0 spiro atoms. The minimum Gasteiger partial charge on any atom is -0.497 e. The van der Waals surface area contributed by atoms with Crippen molar-refractivity contribution < 1.29 is 9.53 Å². The molecule has 3 unspecified atom stereocenters. The van der Waals surface area contributed by atoms with Gasteiger partial charge >= 0.3 is 0 Å². The SMILES string of the molecule is COc1ccc(CN2C3c4ccccc4C2(C)C(=O)C2=NNCC23)cc1. The van der Waals surface area contributed by atoms with Gasteiger partial charge in [0.15, 0.2) is 0 Å². The Morgan fingerprint density at radius 3 is 2.77 bits per heavy atom. The molecule has 0 radical (unpaired) electrons. The monoisotopic (exact) mass is 347 g/mol. The van der Waals surface area contributed by atoms with E-state index in [1.54, 1.807) is 7.11 Å². The highest BCUT2D eigenvalue weighted by Crippen LogP contribution is 2.55. The maximum Gasteiger partial charge on any atom is 0.203 e. The van der Waals surface area contributed by atoms with Crippen LogP contribution < -0.4 is 10.2 Å². The van der Waals surface area contributed by atoms with E-state index in [0.717, 1.165) is 24.4 Å². The zero-order valence-electron chi connectivity index (χ0n) is 14.9. The molecule has 26 heavy (non-hydrogen) atoms. The molecule has 3 heterocycles. The van der Waals surface area contributed by atoms with E-state index in [-0.39, 0.29) is 17.7 Å². The summed E-state index contributed by atoms with van der Waals surface area (Å²) in [5.41, 5.74) is 6.66. The lowest BCUT2D eigenvalue weighted by Crippen LogP contribution is -2.56. The van der Waals surface area contributed by atoms with Crippen LogP contribution in [0.5, 0.6) is 5.75 Å². The highest BCUT2D eigenvalue weighted by molar-refractivity contribution is 6.45. The molecule has 0 saturated carbocycles. The molecule has 0 aromatic heterocycles. The fourth-order valence-electron chi connectivity index (χ4n) is 4.81. The fourth-order valence-corrected chi connectivity index (χ4v) is 4.81. The summed E-state index contributed by atoms with van der Waals surface area (Å²) in [6.07, 6.45) is 0. The number of hydrogen-bond acceptors (Lipinski definition) is 5. The highest BCUT2D eigenvalue weighted by Gasteiger charge is 2.61. The Hall–Kier alpha value is -2.66. The molecule has 1 saturated heterocycles. The zero-order valence-corrected chi connectivity index (χ0v) is 14.9. The second kappa shape index (κ2) is 5.42. The van der Waals surface area contributed by atoms with Crippen LogP contribution in [0, 0.1) is 5.92 Å². The van der Waals surface area contributed by atoms with Crippen molar-refractivity contribution >= 4 is 11.5 Å². The number of hydrazone groups is 1. The van der Waals surface area contributed by atoms with Gasteiger partial charge in [-0.3, -0.25) is 9.69 Å². The Morgan fingerprint density at radius 2 is 2.00 bits per heavy atom. The van der Waals surface area contributed by atoms with Gasteiger partial charge in [0.25, 0.3) is 0 Å². The Morgan fingerprint density at radius 1 is 1.23 bits per heavy atom. The summed E-state index contributed by atoms with van der Waals surface area (Å²) in [5, 5.41) is 4.35. The molecule has 1 N–H and O–H groups in total. The number of Topliss-reactive ketones (excluding diaryl/α,β-unsaturated/α-hetero) is 1. The minimum absolute atomic E-state index is 0.109. The number of nitrogens with zero attached hydrogens (tertiary/aromatic N) is 2. The van der Waals surface area contributed by atoms with Gasteiger partial charge in [0.2, 0.25) is 5.78 Å². The van der Waals surface area contributed by atoms with E-state index in [2.05, 4.69) is 52.7 Å². The number of carbonyl (C=O) groups is 1. The summed E-state index contributed by atoms with van der Waals surface area (Å²) in [4.78, 5) is 15.8. The highest BCUT2D eigenvalue weighted by atomic mass is 16.5. The van der Waals surface area contributed by atoms with E-state index < -0.39 is 5.54 Å². The first kappa shape index (κ1) is 15.6. The summed E-state index contributed by atoms with van der Waals surface area (Å²) < 4.78 is 5.27. The molecular weight excluding hydrogens is 326 g/mol. The fraction of sp³-hybridized carbons (Fsp3) is 0.333. The molecule has 3 aliphatic heterocycles. The van der Waals surface area contributed by atoms with Crippen LogP contribution in [0.4, 0.5) is 0 Å². The summed E-state index contributed by atoms with van der Waals surface area (Å²) in [6.45, 7) is 3.49. The van der Waals surface area contributed by atoms with Crippen molar-refractivity contribution in [3.63, 3.8) is 0 Å². The molecule has 2 aromatic rings. The van der Waals surface area contributed by atoms with Gasteiger partial charge < -0.3 is 10.2 Å². The first-order valence-corrected chi connectivity index (χ1v) is 8.99. The minimum atomic E-state index is -0.664. The number of piperidine rings is 1. The molecule has 3 atom stereocenters. The number of rotatable bonds is 3. The molecule has 132 valence electrons. The van der Waals surface area contributed by atoms with Crippen molar-refractivity contribution in [2.45, 2.75) is 25.0 Å². The van der Waals surface area contributed by atoms with Crippen LogP contribution in [-0.4, -0.2) is 30.0 Å². The van der Waals surface area contributed by atoms with Gasteiger partial charge in [0.05, 0.1) is 7.11 Å². The number of nitrogens with one attached hydrogen (secondary N) is 1. The molecule has 0 amide bonds. The van der Waals surface area contributed by atoms with Gasteiger partial charge in [-0.15, -0.1) is 0 Å². The van der Waals surface area contributed by atoms with Crippen molar-refractivity contribution in [3.8, 4) is 5.75 Å². The molecular formula is C21H21N3O2. The Bertz CT molecular complexity index is 921. The van der Waals surface area contributed by atoms with E-state index in [9.17, 15) is 4.79 Å². The van der Waals surface area contributed by atoms with E-state index >= 15 is 0 Å². The maximum absolute atomic E-state index is 13.4. The van der Waals surface area contributed by atoms with Crippen LogP contribution in [0.3, 0.4) is 0 Å². The second-order valence-electron chi connectivity index (χ2n) is 7.38. The number of benzene rings is 2. The third-order valence-electron chi connectivity index (χ3n) is 6.14. The molecule has 3 aliphatic rings. The number of hydrogen-bond donors (Lipinski definition) is 1. The van der Waals surface area contributed by atoms with Gasteiger partial charge in [-0.05, 0) is 35.7 Å². The number of ether oxygens (including phenoxy) is 1. The van der Waals surface area contributed by atoms with Gasteiger partial charge in [0.1, 0.15) is 17.0 Å². The number of methoxy groups -OCH3 is 1. The molecule has 5 heteroatoms. The van der Waals surface area contributed by atoms with Crippen LogP contribution in [0.15, 0.2) is 53.6 Å². The second-order valence-corrected chi connectivity index (χ2v) is 7.38. The first-order valence-electron chi connectivity index (χ1n) is 8.99. The van der Waals surface area contributed by atoms with E-state index in [1.807, 2.05) is 18.2 Å². The number of ketones is 1. The lowest BCUT2D eigenvalue weighted by atomic mass is 9.79. The van der Waals surface area contributed by atoms with Crippen LogP contribution in [-0.2, 0) is 16.9 Å². The van der Waals surface area contributed by atoms with Crippen molar-refractivity contribution in [1.29, 1.82) is 0 Å². The topological polar surface area (TPSA) is 53.9 Å². The molecule has 0 aliphatic carbocycles. The molecule has 2 bridgehead atoms. The third kappa shape index (κ3) is 1.89. The van der Waals surface area contributed by atoms with Crippen molar-refractivity contribution in [2.24, 2.45) is 11.0 Å².